The van der Waals surface area contributed by atoms with Crippen molar-refractivity contribution in [3.8, 4) is 0 Å². The lowest BCUT2D eigenvalue weighted by Gasteiger charge is -2.23. The number of hydrogen-bond acceptors (Lipinski definition) is 4. The Morgan fingerprint density at radius 1 is 1.26 bits per heavy atom. The second-order valence-electron chi connectivity index (χ2n) is 5.50. The smallest absolute Gasteiger partial charge is 0.211 e. The lowest BCUT2D eigenvalue weighted by atomic mass is 10.0. The van der Waals surface area contributed by atoms with Crippen molar-refractivity contribution in [2.75, 3.05) is 32.0 Å². The van der Waals surface area contributed by atoms with Gasteiger partial charge in [-0.1, -0.05) is 6.92 Å². The van der Waals surface area contributed by atoms with E-state index < -0.39 is 10.0 Å². The van der Waals surface area contributed by atoms with Gasteiger partial charge in [-0.2, -0.15) is 0 Å². The van der Waals surface area contributed by atoms with Gasteiger partial charge in [0, 0.05) is 13.2 Å². The van der Waals surface area contributed by atoms with E-state index in [-0.39, 0.29) is 11.4 Å². The molecule has 1 rings (SSSR count). The largest absolute Gasteiger partial charge is 0.374 e. The number of sulfonamides is 1. The number of rotatable bonds is 10. The van der Waals surface area contributed by atoms with Crippen LogP contribution in [0.15, 0.2) is 0 Å². The highest BCUT2D eigenvalue weighted by atomic mass is 32.2. The van der Waals surface area contributed by atoms with Crippen molar-refractivity contribution >= 4 is 10.0 Å². The summed E-state index contributed by atoms with van der Waals surface area (Å²) in [6.07, 6.45) is 4.65. The number of unbranched alkanes of at least 4 members (excludes halogenated alkanes) is 1. The van der Waals surface area contributed by atoms with Crippen LogP contribution in [0, 0.1) is 0 Å². The lowest BCUT2D eigenvalue weighted by Crippen LogP contribution is -2.41. The molecule has 0 amide bonds. The van der Waals surface area contributed by atoms with Crippen molar-refractivity contribution in [1.29, 1.82) is 0 Å². The molecule has 1 atom stereocenters. The van der Waals surface area contributed by atoms with Gasteiger partial charge >= 0.3 is 0 Å². The molecule has 0 aliphatic carbocycles. The Morgan fingerprint density at radius 3 is 2.68 bits per heavy atom. The van der Waals surface area contributed by atoms with Gasteiger partial charge in [-0.05, 0) is 52.1 Å². The third-order valence-corrected chi connectivity index (χ3v) is 4.82. The zero-order valence-electron chi connectivity index (χ0n) is 12.2. The molecule has 0 saturated carbocycles. The topological polar surface area (TPSA) is 67.4 Å². The molecule has 0 aromatic heterocycles. The van der Waals surface area contributed by atoms with Gasteiger partial charge in [-0.15, -0.1) is 0 Å². The second-order valence-corrected chi connectivity index (χ2v) is 7.43. The molecule has 0 aromatic carbocycles. The van der Waals surface area contributed by atoms with Crippen LogP contribution in [0.2, 0.25) is 0 Å². The highest BCUT2D eigenvalue weighted by molar-refractivity contribution is 7.89. The maximum atomic E-state index is 11.8. The molecule has 1 aliphatic rings. The van der Waals surface area contributed by atoms with Gasteiger partial charge in [0.05, 0.1) is 11.4 Å². The molecule has 0 radical (unpaired) electrons. The van der Waals surface area contributed by atoms with E-state index in [1.165, 1.54) is 0 Å². The standard InChI is InChI=1S/C13H28N2O3S/c1-3-8-14-9-4-5-11-19(16,17)15-12-13(2)7-6-10-18-13/h14-15H,3-12H2,1-2H3. The molecule has 5 nitrogen and oxygen atoms in total. The average molecular weight is 292 g/mol. The molecular formula is C13H28N2O3S. The van der Waals surface area contributed by atoms with E-state index in [1.54, 1.807) is 0 Å². The van der Waals surface area contributed by atoms with Crippen LogP contribution < -0.4 is 10.0 Å². The van der Waals surface area contributed by atoms with Crippen molar-refractivity contribution in [3.05, 3.63) is 0 Å². The van der Waals surface area contributed by atoms with Crippen LogP contribution in [0.1, 0.15) is 46.0 Å². The van der Waals surface area contributed by atoms with Crippen molar-refractivity contribution in [3.63, 3.8) is 0 Å². The number of ether oxygens (including phenoxy) is 1. The molecule has 1 saturated heterocycles. The van der Waals surface area contributed by atoms with Crippen LogP contribution in [0.25, 0.3) is 0 Å². The molecule has 114 valence electrons. The molecule has 6 heteroatoms. The van der Waals surface area contributed by atoms with E-state index in [4.69, 9.17) is 4.74 Å². The van der Waals surface area contributed by atoms with Gasteiger partial charge in [-0.25, -0.2) is 13.1 Å². The first-order valence-corrected chi connectivity index (χ1v) is 8.95. The van der Waals surface area contributed by atoms with E-state index in [9.17, 15) is 8.42 Å². The summed E-state index contributed by atoms with van der Waals surface area (Å²) in [5.41, 5.74) is -0.310. The van der Waals surface area contributed by atoms with Crippen molar-refractivity contribution < 1.29 is 13.2 Å². The highest BCUT2D eigenvalue weighted by Crippen LogP contribution is 2.24. The minimum Gasteiger partial charge on any atom is -0.374 e. The molecule has 2 N–H and O–H groups in total. The SMILES string of the molecule is CCCNCCCCS(=O)(=O)NCC1(C)CCCO1. The quantitative estimate of drug-likeness (QED) is 0.595. The first kappa shape index (κ1) is 16.9. The monoisotopic (exact) mass is 292 g/mol. The Bertz CT molecular complexity index is 338. The molecule has 1 unspecified atom stereocenters. The van der Waals surface area contributed by atoms with Crippen LogP contribution in [-0.2, 0) is 14.8 Å². The summed E-state index contributed by atoms with van der Waals surface area (Å²) in [6.45, 7) is 7.11. The normalized spacial score (nSPS) is 23.9. The van der Waals surface area contributed by atoms with E-state index >= 15 is 0 Å². The summed E-state index contributed by atoms with van der Waals surface area (Å²) in [6, 6.07) is 0. The summed E-state index contributed by atoms with van der Waals surface area (Å²) < 4.78 is 31.9. The molecule has 1 heterocycles. The van der Waals surface area contributed by atoms with E-state index in [0.717, 1.165) is 45.4 Å². The van der Waals surface area contributed by atoms with Gasteiger partial charge in [0.25, 0.3) is 0 Å². The lowest BCUT2D eigenvalue weighted by molar-refractivity contribution is 0.0250. The Hall–Kier alpha value is -0.170. The van der Waals surface area contributed by atoms with Crippen molar-refractivity contribution in [2.24, 2.45) is 0 Å². The maximum absolute atomic E-state index is 11.8. The maximum Gasteiger partial charge on any atom is 0.211 e. The molecule has 1 aliphatic heterocycles. The van der Waals surface area contributed by atoms with Crippen LogP contribution in [0.3, 0.4) is 0 Å². The summed E-state index contributed by atoms with van der Waals surface area (Å²) in [5, 5.41) is 3.27. The van der Waals surface area contributed by atoms with Crippen LogP contribution in [0.4, 0.5) is 0 Å². The molecule has 0 spiro atoms. The van der Waals surface area contributed by atoms with Gasteiger partial charge < -0.3 is 10.1 Å². The van der Waals surface area contributed by atoms with E-state index in [2.05, 4.69) is 17.0 Å². The molecule has 0 bridgehead atoms. The Kier molecular flexibility index (Phi) is 7.28. The van der Waals surface area contributed by atoms with Crippen molar-refractivity contribution in [2.45, 2.75) is 51.6 Å². The minimum absolute atomic E-state index is 0.205. The first-order valence-electron chi connectivity index (χ1n) is 7.29. The molecule has 1 fully saturated rings. The molecular weight excluding hydrogens is 264 g/mol. The Balaban J connectivity index is 2.13. The fourth-order valence-electron chi connectivity index (χ4n) is 2.15. The highest BCUT2D eigenvalue weighted by Gasteiger charge is 2.30. The summed E-state index contributed by atoms with van der Waals surface area (Å²) in [7, 11) is -3.16. The second kappa shape index (κ2) is 8.19. The van der Waals surface area contributed by atoms with Gasteiger partial charge in [0.15, 0.2) is 0 Å². The molecule has 0 aromatic rings. The molecule has 19 heavy (non-hydrogen) atoms. The number of hydrogen-bond donors (Lipinski definition) is 2. The first-order chi connectivity index (χ1) is 8.97. The minimum atomic E-state index is -3.16. The average Bonchev–Trinajstić information content (AvgIpc) is 2.79. The van der Waals surface area contributed by atoms with E-state index in [1.807, 2.05) is 6.92 Å². The predicted molar refractivity (Wildman–Crippen MR) is 77.8 cm³/mol. The Morgan fingerprint density at radius 2 is 2.05 bits per heavy atom. The summed E-state index contributed by atoms with van der Waals surface area (Å²) in [5.74, 6) is 0.205. The fraction of sp³-hybridized carbons (Fsp3) is 1.00. The van der Waals surface area contributed by atoms with E-state index in [0.29, 0.717) is 13.0 Å². The van der Waals surface area contributed by atoms with Crippen LogP contribution >= 0.6 is 0 Å². The fourth-order valence-corrected chi connectivity index (χ4v) is 3.41. The summed E-state index contributed by atoms with van der Waals surface area (Å²) in [4.78, 5) is 0. The zero-order chi connectivity index (χ0) is 14.2. The van der Waals surface area contributed by atoms with Crippen molar-refractivity contribution in [1.82, 2.24) is 10.0 Å². The van der Waals surface area contributed by atoms with Crippen LogP contribution in [-0.4, -0.2) is 46.0 Å². The van der Waals surface area contributed by atoms with Gasteiger partial charge in [-0.3, -0.25) is 0 Å². The van der Waals surface area contributed by atoms with Gasteiger partial charge in [0.1, 0.15) is 0 Å². The number of nitrogens with one attached hydrogen (secondary N) is 2. The summed E-state index contributed by atoms with van der Waals surface area (Å²) >= 11 is 0. The zero-order valence-corrected chi connectivity index (χ0v) is 13.0. The van der Waals surface area contributed by atoms with Gasteiger partial charge in [0.2, 0.25) is 10.0 Å². The van der Waals surface area contributed by atoms with Crippen LogP contribution in [0.5, 0.6) is 0 Å². The third-order valence-electron chi connectivity index (χ3n) is 3.41. The predicted octanol–water partition coefficient (Wildman–Crippen LogP) is 1.25. The Labute approximate surface area is 117 Å². The third kappa shape index (κ3) is 7.25.